The van der Waals surface area contributed by atoms with E-state index in [0.29, 0.717) is 38.4 Å². The van der Waals surface area contributed by atoms with Gasteiger partial charge in [-0.2, -0.15) is 0 Å². The van der Waals surface area contributed by atoms with Gasteiger partial charge in [-0.15, -0.1) is 0 Å². The van der Waals surface area contributed by atoms with E-state index in [1.54, 1.807) is 0 Å². The minimum absolute atomic E-state index is 0.187. The van der Waals surface area contributed by atoms with Crippen LogP contribution in [0, 0.1) is 5.92 Å². The number of hydrogen-bond acceptors (Lipinski definition) is 4. The van der Waals surface area contributed by atoms with E-state index in [4.69, 9.17) is 9.47 Å². The molecule has 34 heavy (non-hydrogen) atoms. The number of carbonyl (C=O) groups excluding carboxylic acids is 2. The fraction of sp³-hybridized carbons (Fsp3) is 0.933. The molecule has 0 fully saturated rings. The third-order valence-electron chi connectivity index (χ3n) is 6.65. The molecule has 4 nitrogen and oxygen atoms in total. The molecule has 0 unspecified atom stereocenters. The van der Waals surface area contributed by atoms with Crippen LogP contribution in [0.2, 0.25) is 0 Å². The molecule has 4 heteroatoms. The number of esters is 2. The zero-order valence-electron chi connectivity index (χ0n) is 23.2. The highest BCUT2D eigenvalue weighted by atomic mass is 16.5. The first-order valence-corrected chi connectivity index (χ1v) is 14.9. The third-order valence-corrected chi connectivity index (χ3v) is 6.65. The summed E-state index contributed by atoms with van der Waals surface area (Å²) in [5.41, 5.74) is 0. The van der Waals surface area contributed by atoms with E-state index in [1.807, 2.05) is 0 Å². The van der Waals surface area contributed by atoms with E-state index in [9.17, 15) is 9.59 Å². The average molecular weight is 483 g/mol. The van der Waals surface area contributed by atoms with Gasteiger partial charge < -0.3 is 9.47 Å². The van der Waals surface area contributed by atoms with Gasteiger partial charge in [0.2, 0.25) is 0 Å². The molecule has 0 atom stereocenters. The molecule has 0 rings (SSSR count). The largest absolute Gasteiger partial charge is 0.466 e. The van der Waals surface area contributed by atoms with Crippen molar-refractivity contribution in [3.8, 4) is 0 Å². The van der Waals surface area contributed by atoms with E-state index >= 15 is 0 Å². The monoisotopic (exact) mass is 482 g/mol. The highest BCUT2D eigenvalue weighted by Crippen LogP contribution is 2.15. The molecule has 0 aliphatic carbocycles. The summed E-state index contributed by atoms with van der Waals surface area (Å²) in [6.07, 6.45) is 25.5. The lowest BCUT2D eigenvalue weighted by Crippen LogP contribution is -2.14. The molecule has 0 aromatic carbocycles. The van der Waals surface area contributed by atoms with Gasteiger partial charge in [-0.05, 0) is 31.6 Å². The molecule has 0 N–H and O–H groups in total. The van der Waals surface area contributed by atoms with Crippen molar-refractivity contribution < 1.29 is 19.1 Å². The van der Waals surface area contributed by atoms with Crippen molar-refractivity contribution in [2.24, 2.45) is 5.92 Å². The van der Waals surface area contributed by atoms with Gasteiger partial charge in [0, 0.05) is 12.8 Å². The lowest BCUT2D eigenvalue weighted by atomic mass is 9.99. The normalized spacial score (nSPS) is 11.2. The minimum atomic E-state index is -0.188. The fourth-order valence-electron chi connectivity index (χ4n) is 4.52. The Morgan fingerprint density at radius 1 is 0.500 bits per heavy atom. The van der Waals surface area contributed by atoms with Gasteiger partial charge >= 0.3 is 11.9 Å². The van der Waals surface area contributed by atoms with Crippen molar-refractivity contribution >= 4 is 11.9 Å². The molecular weight excluding hydrogens is 424 g/mol. The Hall–Kier alpha value is -1.06. The van der Waals surface area contributed by atoms with Crippen LogP contribution in [0.1, 0.15) is 162 Å². The summed E-state index contributed by atoms with van der Waals surface area (Å²) in [5, 5.41) is 0. The summed E-state index contributed by atoms with van der Waals surface area (Å²) in [6, 6.07) is 0. The van der Waals surface area contributed by atoms with E-state index in [1.165, 1.54) is 83.5 Å². The van der Waals surface area contributed by atoms with Crippen LogP contribution in [0.25, 0.3) is 0 Å². The van der Waals surface area contributed by atoms with Gasteiger partial charge in [-0.25, -0.2) is 0 Å². The van der Waals surface area contributed by atoms with Crippen molar-refractivity contribution in [2.75, 3.05) is 13.2 Å². The number of carbonyl (C=O) groups is 2. The van der Waals surface area contributed by atoms with Crippen molar-refractivity contribution in [3.63, 3.8) is 0 Å². The predicted molar refractivity (Wildman–Crippen MR) is 144 cm³/mol. The van der Waals surface area contributed by atoms with Gasteiger partial charge in [-0.3, -0.25) is 9.59 Å². The molecule has 0 radical (unpaired) electrons. The zero-order valence-corrected chi connectivity index (χ0v) is 23.2. The van der Waals surface area contributed by atoms with Crippen LogP contribution in [0.3, 0.4) is 0 Å². The second kappa shape index (κ2) is 26.5. The molecule has 0 saturated heterocycles. The number of unbranched alkanes of at least 4 members (excludes halogenated alkanes) is 14. The fourth-order valence-corrected chi connectivity index (χ4v) is 4.52. The maximum atomic E-state index is 11.9. The quantitative estimate of drug-likeness (QED) is 0.0910. The molecule has 0 bridgehead atoms. The zero-order chi connectivity index (χ0) is 25.1. The number of hydrogen-bond donors (Lipinski definition) is 0. The van der Waals surface area contributed by atoms with Crippen LogP contribution < -0.4 is 0 Å². The Balaban J connectivity index is 3.38. The molecule has 0 heterocycles. The SMILES string of the molecule is CCCCCCCCCCCCCCCCCOC(=O)CCCC(=O)OCC(CCC)CCC. The summed E-state index contributed by atoms with van der Waals surface area (Å²) >= 11 is 0. The lowest BCUT2D eigenvalue weighted by molar-refractivity contribution is -0.146. The molecule has 0 saturated carbocycles. The van der Waals surface area contributed by atoms with Crippen molar-refractivity contribution in [1.82, 2.24) is 0 Å². The summed E-state index contributed by atoms with van der Waals surface area (Å²) in [7, 11) is 0. The van der Waals surface area contributed by atoms with Crippen LogP contribution in [0.5, 0.6) is 0 Å². The van der Waals surface area contributed by atoms with Crippen LogP contribution in [0.4, 0.5) is 0 Å². The van der Waals surface area contributed by atoms with Gasteiger partial charge in [0.25, 0.3) is 0 Å². The van der Waals surface area contributed by atoms with Gasteiger partial charge in [0.15, 0.2) is 0 Å². The standard InChI is InChI=1S/C30H58O4/c1-4-7-8-9-10-11-12-13-14-15-16-17-18-19-20-26-33-29(31)24-21-25-30(32)34-27-28(22-5-2)23-6-3/h28H,4-27H2,1-3H3. The molecule has 0 amide bonds. The van der Waals surface area contributed by atoms with Crippen molar-refractivity contribution in [1.29, 1.82) is 0 Å². The summed E-state index contributed by atoms with van der Waals surface area (Å²) in [4.78, 5) is 23.7. The Labute approximate surface area is 212 Å². The van der Waals surface area contributed by atoms with E-state index in [0.717, 1.165) is 38.5 Å². The van der Waals surface area contributed by atoms with Crippen molar-refractivity contribution in [3.05, 3.63) is 0 Å². The molecule has 0 spiro atoms. The topological polar surface area (TPSA) is 52.6 Å². The van der Waals surface area contributed by atoms with E-state index in [-0.39, 0.29) is 11.9 Å². The first kappa shape index (κ1) is 32.9. The number of rotatable bonds is 26. The van der Waals surface area contributed by atoms with Crippen LogP contribution in [-0.4, -0.2) is 25.2 Å². The summed E-state index contributed by atoms with van der Waals surface area (Å²) < 4.78 is 10.7. The van der Waals surface area contributed by atoms with Crippen LogP contribution in [-0.2, 0) is 19.1 Å². The second-order valence-electron chi connectivity index (χ2n) is 10.2. The average Bonchev–Trinajstić information content (AvgIpc) is 2.82. The van der Waals surface area contributed by atoms with Gasteiger partial charge in [0.1, 0.15) is 0 Å². The molecule has 0 aromatic heterocycles. The lowest BCUT2D eigenvalue weighted by Gasteiger charge is -2.15. The molecule has 0 aromatic rings. The second-order valence-corrected chi connectivity index (χ2v) is 10.2. The Kier molecular flexibility index (Phi) is 25.7. The Morgan fingerprint density at radius 3 is 1.35 bits per heavy atom. The van der Waals surface area contributed by atoms with Gasteiger partial charge in [-0.1, -0.05) is 124 Å². The van der Waals surface area contributed by atoms with E-state index < -0.39 is 0 Å². The molecular formula is C30H58O4. The maximum absolute atomic E-state index is 11.9. The maximum Gasteiger partial charge on any atom is 0.305 e. The number of ether oxygens (including phenoxy) is 2. The molecule has 202 valence electrons. The molecule has 0 aliphatic rings. The van der Waals surface area contributed by atoms with Crippen LogP contribution >= 0.6 is 0 Å². The summed E-state index contributed by atoms with van der Waals surface area (Å²) in [6.45, 7) is 7.63. The van der Waals surface area contributed by atoms with E-state index in [2.05, 4.69) is 20.8 Å². The highest BCUT2D eigenvalue weighted by molar-refractivity contribution is 5.72. The van der Waals surface area contributed by atoms with Crippen molar-refractivity contribution in [2.45, 2.75) is 162 Å². The Bertz CT molecular complexity index is 443. The third kappa shape index (κ3) is 24.1. The van der Waals surface area contributed by atoms with Crippen LogP contribution in [0.15, 0.2) is 0 Å². The predicted octanol–water partition coefficient (Wildman–Crippen LogP) is 9.33. The smallest absolute Gasteiger partial charge is 0.305 e. The molecule has 0 aliphatic heterocycles. The minimum Gasteiger partial charge on any atom is -0.466 e. The first-order valence-electron chi connectivity index (χ1n) is 14.9. The first-order chi connectivity index (χ1) is 16.6. The summed E-state index contributed by atoms with van der Waals surface area (Å²) in [5.74, 6) is 0.0965. The Morgan fingerprint density at radius 2 is 0.912 bits per heavy atom. The van der Waals surface area contributed by atoms with Gasteiger partial charge in [0.05, 0.1) is 13.2 Å². The highest BCUT2D eigenvalue weighted by Gasteiger charge is 2.11.